The van der Waals surface area contributed by atoms with Crippen molar-refractivity contribution in [2.24, 2.45) is 0 Å². The Balaban J connectivity index is 1.33. The zero-order valence-electron chi connectivity index (χ0n) is 19.4. The number of anilines is 1. The summed E-state index contributed by atoms with van der Waals surface area (Å²) in [6.07, 6.45) is 0. The summed E-state index contributed by atoms with van der Waals surface area (Å²) < 4.78 is 25.3. The minimum absolute atomic E-state index is 0.140. The van der Waals surface area contributed by atoms with Crippen molar-refractivity contribution in [2.75, 3.05) is 44.4 Å². The van der Waals surface area contributed by atoms with E-state index < -0.39 is 10.8 Å². The molecule has 1 N–H and O–H groups in total. The Hall–Kier alpha value is -4.18. The molecule has 1 fully saturated rings. The second-order valence-corrected chi connectivity index (χ2v) is 8.62. The van der Waals surface area contributed by atoms with Gasteiger partial charge in [-0.1, -0.05) is 24.3 Å². The summed E-state index contributed by atoms with van der Waals surface area (Å²) in [5, 5.41) is 14.0. The lowest BCUT2D eigenvalue weighted by Crippen LogP contribution is -2.50. The third-order valence-corrected chi connectivity index (χ3v) is 6.50. The fourth-order valence-electron chi connectivity index (χ4n) is 4.61. The first kappa shape index (κ1) is 23.6. The topological polar surface area (TPSA) is 97.2 Å². The molecule has 3 aromatic carbocycles. The Morgan fingerprint density at radius 3 is 2.56 bits per heavy atom. The maximum Gasteiger partial charge on any atom is 0.270 e. The van der Waals surface area contributed by atoms with Gasteiger partial charge in [-0.05, 0) is 35.9 Å². The molecule has 0 aliphatic carbocycles. The molecule has 2 aliphatic heterocycles. The standard InChI is InChI=1S/C26H25FN4O5/c27-21-6-1-2-7-22(21)29-10-12-30(13-11-29)23(18-8-9-24-25(15-18)36-17-35-24)16-28-26(32)19-4-3-5-20(14-19)31(33)34/h1-9,14-15,23H,10-13,16-17H2,(H,28,32)/t23-/m1/s1. The van der Waals surface area contributed by atoms with Crippen LogP contribution in [-0.2, 0) is 0 Å². The van der Waals surface area contributed by atoms with Crippen LogP contribution >= 0.6 is 0 Å². The van der Waals surface area contributed by atoms with Crippen LogP contribution in [0, 0.1) is 15.9 Å². The molecule has 9 nitrogen and oxygen atoms in total. The molecule has 2 aliphatic rings. The molecular formula is C26H25FN4O5. The molecular weight excluding hydrogens is 467 g/mol. The van der Waals surface area contributed by atoms with Gasteiger partial charge in [0.15, 0.2) is 11.5 Å². The maximum atomic E-state index is 14.3. The van der Waals surface area contributed by atoms with Crippen molar-refractivity contribution in [2.45, 2.75) is 6.04 Å². The van der Waals surface area contributed by atoms with E-state index in [-0.39, 0.29) is 36.4 Å². The van der Waals surface area contributed by atoms with Gasteiger partial charge >= 0.3 is 0 Å². The Morgan fingerprint density at radius 2 is 1.78 bits per heavy atom. The van der Waals surface area contributed by atoms with Gasteiger partial charge in [0.05, 0.1) is 16.7 Å². The maximum absolute atomic E-state index is 14.3. The fraction of sp³-hybridized carbons (Fsp3) is 0.269. The number of hydrogen-bond donors (Lipinski definition) is 1. The number of nitrogens with zero attached hydrogens (tertiary/aromatic N) is 3. The number of carbonyl (C=O) groups excluding carboxylic acids is 1. The largest absolute Gasteiger partial charge is 0.454 e. The van der Waals surface area contributed by atoms with Gasteiger partial charge in [-0.15, -0.1) is 0 Å². The number of ether oxygens (including phenoxy) is 2. The average Bonchev–Trinajstić information content (AvgIpc) is 3.38. The lowest BCUT2D eigenvalue weighted by atomic mass is 10.0. The van der Waals surface area contributed by atoms with Gasteiger partial charge in [-0.2, -0.15) is 0 Å². The number of halogens is 1. The van der Waals surface area contributed by atoms with E-state index >= 15 is 0 Å². The SMILES string of the molecule is O=C(NC[C@H](c1ccc2c(c1)OCO2)N1CCN(c2ccccc2F)CC1)c1cccc([N+](=O)[O-])c1. The lowest BCUT2D eigenvalue weighted by molar-refractivity contribution is -0.384. The average molecular weight is 493 g/mol. The van der Waals surface area contributed by atoms with Crippen molar-refractivity contribution in [3.05, 3.63) is 93.8 Å². The van der Waals surface area contributed by atoms with Gasteiger partial charge < -0.3 is 19.7 Å². The number of fused-ring (bicyclic) bond motifs is 1. The molecule has 0 radical (unpaired) electrons. The van der Waals surface area contributed by atoms with Crippen LogP contribution in [0.1, 0.15) is 22.0 Å². The predicted molar refractivity (Wildman–Crippen MR) is 131 cm³/mol. The number of rotatable bonds is 7. The van der Waals surface area contributed by atoms with Gasteiger partial charge in [0, 0.05) is 50.4 Å². The molecule has 1 saturated heterocycles. The van der Waals surface area contributed by atoms with Crippen LogP contribution in [0.3, 0.4) is 0 Å². The van der Waals surface area contributed by atoms with Crippen molar-refractivity contribution in [3.8, 4) is 11.5 Å². The minimum atomic E-state index is -0.527. The van der Waals surface area contributed by atoms with Crippen LogP contribution in [0.2, 0.25) is 0 Å². The number of carbonyl (C=O) groups is 1. The van der Waals surface area contributed by atoms with Gasteiger partial charge in [-0.3, -0.25) is 19.8 Å². The number of piperazine rings is 1. The second-order valence-electron chi connectivity index (χ2n) is 8.62. The number of benzene rings is 3. The lowest BCUT2D eigenvalue weighted by Gasteiger charge is -2.40. The smallest absolute Gasteiger partial charge is 0.270 e. The molecule has 1 amide bonds. The van der Waals surface area contributed by atoms with Crippen LogP contribution in [0.25, 0.3) is 0 Å². The van der Waals surface area contributed by atoms with Crippen LogP contribution in [0.15, 0.2) is 66.7 Å². The van der Waals surface area contributed by atoms with Gasteiger partial charge in [0.1, 0.15) is 5.82 Å². The molecule has 0 spiro atoms. The zero-order valence-corrected chi connectivity index (χ0v) is 19.4. The second kappa shape index (κ2) is 10.2. The molecule has 2 heterocycles. The Bertz CT molecular complexity index is 1280. The summed E-state index contributed by atoms with van der Waals surface area (Å²) in [6.45, 7) is 3.00. The highest BCUT2D eigenvalue weighted by Gasteiger charge is 2.28. The zero-order chi connectivity index (χ0) is 25.1. The Morgan fingerprint density at radius 1 is 1.00 bits per heavy atom. The summed E-state index contributed by atoms with van der Waals surface area (Å²) in [7, 11) is 0. The molecule has 0 bridgehead atoms. The summed E-state index contributed by atoms with van der Waals surface area (Å²) in [5.74, 6) is 0.673. The third kappa shape index (κ3) is 4.94. The van der Waals surface area contributed by atoms with E-state index in [1.165, 1.54) is 24.3 Å². The first-order valence-electron chi connectivity index (χ1n) is 11.7. The van der Waals surface area contributed by atoms with Crippen molar-refractivity contribution in [1.82, 2.24) is 10.2 Å². The minimum Gasteiger partial charge on any atom is -0.454 e. The quantitative estimate of drug-likeness (QED) is 0.396. The number of amides is 1. The number of hydrogen-bond acceptors (Lipinski definition) is 7. The molecule has 5 rings (SSSR count). The predicted octanol–water partition coefficient (Wildman–Crippen LogP) is 3.76. The summed E-state index contributed by atoms with van der Waals surface area (Å²) in [4.78, 5) is 27.7. The molecule has 0 unspecified atom stereocenters. The molecule has 10 heteroatoms. The van der Waals surface area contributed by atoms with Crippen LogP contribution < -0.4 is 19.7 Å². The number of nitro groups is 1. The highest BCUT2D eigenvalue weighted by Crippen LogP contribution is 2.36. The normalized spacial score (nSPS) is 16.0. The molecule has 186 valence electrons. The van der Waals surface area contributed by atoms with Crippen LogP contribution in [-0.4, -0.2) is 55.2 Å². The molecule has 0 aromatic heterocycles. The van der Waals surface area contributed by atoms with Crippen molar-refractivity contribution < 1.29 is 23.6 Å². The van der Waals surface area contributed by atoms with E-state index in [9.17, 15) is 19.3 Å². The molecule has 0 saturated carbocycles. The van der Waals surface area contributed by atoms with Gasteiger partial charge in [-0.25, -0.2) is 4.39 Å². The first-order valence-corrected chi connectivity index (χ1v) is 11.7. The fourth-order valence-corrected chi connectivity index (χ4v) is 4.61. The monoisotopic (exact) mass is 492 g/mol. The van der Waals surface area contributed by atoms with E-state index in [0.717, 1.165) is 5.56 Å². The van der Waals surface area contributed by atoms with Crippen molar-refractivity contribution in [1.29, 1.82) is 0 Å². The van der Waals surface area contributed by atoms with Gasteiger partial charge in [0.2, 0.25) is 6.79 Å². The molecule has 3 aromatic rings. The van der Waals surface area contributed by atoms with E-state index in [1.807, 2.05) is 29.2 Å². The third-order valence-electron chi connectivity index (χ3n) is 6.50. The highest BCUT2D eigenvalue weighted by atomic mass is 19.1. The van der Waals surface area contributed by atoms with Crippen LogP contribution in [0.5, 0.6) is 11.5 Å². The highest BCUT2D eigenvalue weighted by molar-refractivity contribution is 5.94. The molecule has 36 heavy (non-hydrogen) atoms. The van der Waals surface area contributed by atoms with Gasteiger partial charge in [0.25, 0.3) is 11.6 Å². The number of non-ortho nitro benzene ring substituents is 1. The number of nitro benzene ring substituents is 1. The number of nitrogens with one attached hydrogen (secondary N) is 1. The Labute approximate surface area is 207 Å². The van der Waals surface area contributed by atoms with Crippen molar-refractivity contribution in [3.63, 3.8) is 0 Å². The van der Waals surface area contributed by atoms with E-state index in [2.05, 4.69) is 10.2 Å². The van der Waals surface area contributed by atoms with Crippen LogP contribution in [0.4, 0.5) is 15.8 Å². The summed E-state index contributed by atoms with van der Waals surface area (Å²) in [5.41, 5.74) is 1.60. The Kier molecular flexibility index (Phi) is 6.68. The summed E-state index contributed by atoms with van der Waals surface area (Å²) in [6, 6.07) is 17.9. The van der Waals surface area contributed by atoms with E-state index in [1.54, 1.807) is 18.2 Å². The summed E-state index contributed by atoms with van der Waals surface area (Å²) >= 11 is 0. The molecule has 1 atom stereocenters. The first-order chi connectivity index (χ1) is 17.5. The van der Waals surface area contributed by atoms with E-state index in [4.69, 9.17) is 9.47 Å². The van der Waals surface area contributed by atoms with E-state index in [0.29, 0.717) is 43.4 Å². The van der Waals surface area contributed by atoms with Crippen molar-refractivity contribution >= 4 is 17.3 Å². The number of para-hydroxylation sites is 1.